The van der Waals surface area contributed by atoms with E-state index in [0.717, 1.165) is 39.1 Å². The molecular weight excluding hydrogens is 518 g/mol. The van der Waals surface area contributed by atoms with E-state index in [4.69, 9.17) is 0 Å². The molecule has 2 atom stereocenters. The first-order valence-electron chi connectivity index (χ1n) is 10.1. The van der Waals surface area contributed by atoms with Crippen molar-refractivity contribution in [3.63, 3.8) is 0 Å². The summed E-state index contributed by atoms with van der Waals surface area (Å²) in [6, 6.07) is 20.0. The predicted octanol–water partition coefficient (Wildman–Crippen LogP) is 4.95. The van der Waals surface area contributed by atoms with Crippen LogP contribution in [0.15, 0.2) is 54.6 Å². The fourth-order valence-electron chi connectivity index (χ4n) is 4.67. The van der Waals surface area contributed by atoms with E-state index in [1.54, 1.807) is 0 Å². The highest BCUT2D eigenvalue weighted by Crippen LogP contribution is 2.30. The zero-order valence-electron chi connectivity index (χ0n) is 16.6. The standard InChI is InChI=1S/C23H29IN2O.2ClH/c24-21-8-4-5-18(15-21)16-25-12-11-23(27)22(17-25)26-13-9-20(10-14-26)19-6-2-1-3-7-19;;/h1-8,15,20,22-23,27H,9-14,16-17H2;2*1H/t22-,23-;;/m1../s1. The first-order chi connectivity index (χ1) is 13.2. The third kappa shape index (κ3) is 6.55. The van der Waals surface area contributed by atoms with Gasteiger partial charge in [0, 0.05) is 29.2 Å². The Morgan fingerprint density at radius 3 is 2.31 bits per heavy atom. The largest absolute Gasteiger partial charge is 0.391 e. The van der Waals surface area contributed by atoms with Gasteiger partial charge in [-0.15, -0.1) is 24.8 Å². The molecular formula is C23H31Cl2IN2O. The highest BCUT2D eigenvalue weighted by Gasteiger charge is 2.34. The second kappa shape index (κ2) is 11.9. The Morgan fingerprint density at radius 2 is 1.62 bits per heavy atom. The van der Waals surface area contributed by atoms with Gasteiger partial charge in [0.2, 0.25) is 0 Å². The first-order valence-corrected chi connectivity index (χ1v) is 11.2. The maximum Gasteiger partial charge on any atom is 0.0720 e. The van der Waals surface area contributed by atoms with Crippen molar-refractivity contribution in [1.82, 2.24) is 9.80 Å². The second-order valence-corrected chi connectivity index (χ2v) is 9.25. The molecule has 0 unspecified atom stereocenters. The molecule has 6 heteroatoms. The van der Waals surface area contributed by atoms with Gasteiger partial charge in [-0.1, -0.05) is 42.5 Å². The molecule has 0 bridgehead atoms. The van der Waals surface area contributed by atoms with Crippen LogP contribution in [0.4, 0.5) is 0 Å². The molecule has 0 saturated carbocycles. The molecule has 4 rings (SSSR count). The number of halogens is 3. The Kier molecular flexibility index (Phi) is 10.2. The fraction of sp³-hybridized carbons (Fsp3) is 0.478. The number of aliphatic hydroxyl groups excluding tert-OH is 1. The highest BCUT2D eigenvalue weighted by molar-refractivity contribution is 14.1. The SMILES string of the molecule is Cl.Cl.O[C@@H]1CCN(Cc2cccc(I)c2)C[C@H]1N1CCC(c2ccccc2)CC1. The average Bonchev–Trinajstić information content (AvgIpc) is 2.70. The number of aliphatic hydroxyl groups is 1. The van der Waals surface area contributed by atoms with Crippen LogP contribution in [0, 0.1) is 3.57 Å². The minimum atomic E-state index is -0.189. The summed E-state index contributed by atoms with van der Waals surface area (Å²) in [5, 5.41) is 10.7. The molecule has 0 amide bonds. The Balaban J connectivity index is 0.00000150. The topological polar surface area (TPSA) is 26.7 Å². The molecule has 0 aliphatic carbocycles. The maximum atomic E-state index is 10.7. The molecule has 0 spiro atoms. The van der Waals surface area contributed by atoms with E-state index in [9.17, 15) is 5.11 Å². The minimum absolute atomic E-state index is 0. The van der Waals surface area contributed by atoms with Gasteiger partial charge in [-0.25, -0.2) is 0 Å². The van der Waals surface area contributed by atoms with E-state index in [0.29, 0.717) is 5.92 Å². The van der Waals surface area contributed by atoms with Crippen molar-refractivity contribution >= 4 is 47.4 Å². The maximum absolute atomic E-state index is 10.7. The molecule has 29 heavy (non-hydrogen) atoms. The van der Waals surface area contributed by atoms with Gasteiger partial charge >= 0.3 is 0 Å². The van der Waals surface area contributed by atoms with E-state index >= 15 is 0 Å². The van der Waals surface area contributed by atoms with Crippen molar-refractivity contribution < 1.29 is 5.11 Å². The molecule has 160 valence electrons. The van der Waals surface area contributed by atoms with Crippen LogP contribution < -0.4 is 0 Å². The van der Waals surface area contributed by atoms with Crippen LogP contribution in [-0.4, -0.2) is 53.2 Å². The number of piperidine rings is 2. The number of benzene rings is 2. The van der Waals surface area contributed by atoms with Gasteiger partial charge in [0.15, 0.2) is 0 Å². The lowest BCUT2D eigenvalue weighted by atomic mass is 9.88. The van der Waals surface area contributed by atoms with E-state index in [-0.39, 0.29) is 37.0 Å². The first kappa shape index (κ1) is 24.9. The van der Waals surface area contributed by atoms with Gasteiger partial charge < -0.3 is 5.11 Å². The van der Waals surface area contributed by atoms with Crippen molar-refractivity contribution in [1.29, 1.82) is 0 Å². The van der Waals surface area contributed by atoms with Crippen molar-refractivity contribution in [3.8, 4) is 0 Å². The van der Waals surface area contributed by atoms with Crippen molar-refractivity contribution in [2.24, 2.45) is 0 Å². The smallest absolute Gasteiger partial charge is 0.0720 e. The summed E-state index contributed by atoms with van der Waals surface area (Å²) in [5.74, 6) is 0.672. The Hall–Kier alpha value is -0.370. The summed E-state index contributed by atoms with van der Waals surface area (Å²) >= 11 is 2.38. The van der Waals surface area contributed by atoms with Crippen molar-refractivity contribution in [2.75, 3.05) is 26.2 Å². The summed E-state index contributed by atoms with van der Waals surface area (Å²) < 4.78 is 1.29. The third-order valence-electron chi connectivity index (χ3n) is 6.20. The van der Waals surface area contributed by atoms with E-state index < -0.39 is 0 Å². The molecule has 3 nitrogen and oxygen atoms in total. The number of hydrogen-bond acceptors (Lipinski definition) is 3. The number of rotatable bonds is 4. The molecule has 2 aliphatic heterocycles. The van der Waals surface area contributed by atoms with Crippen molar-refractivity contribution in [3.05, 3.63) is 69.3 Å². The van der Waals surface area contributed by atoms with E-state index in [1.165, 1.54) is 27.5 Å². The molecule has 2 aromatic carbocycles. The summed E-state index contributed by atoms with van der Waals surface area (Å²) in [6.45, 7) is 5.14. The van der Waals surface area contributed by atoms with Crippen LogP contribution in [0.25, 0.3) is 0 Å². The zero-order chi connectivity index (χ0) is 18.6. The van der Waals surface area contributed by atoms with Crippen LogP contribution in [0.2, 0.25) is 0 Å². The van der Waals surface area contributed by atoms with Crippen LogP contribution >= 0.6 is 47.4 Å². The van der Waals surface area contributed by atoms with Gasteiger partial charge in [-0.05, 0) is 84.1 Å². The lowest BCUT2D eigenvalue weighted by Gasteiger charge is -2.45. The van der Waals surface area contributed by atoms with Crippen LogP contribution in [0.5, 0.6) is 0 Å². The number of hydrogen-bond donors (Lipinski definition) is 1. The third-order valence-corrected chi connectivity index (χ3v) is 6.87. The quantitative estimate of drug-likeness (QED) is 0.548. The van der Waals surface area contributed by atoms with E-state index in [2.05, 4.69) is 87.0 Å². The summed E-state index contributed by atoms with van der Waals surface area (Å²) in [7, 11) is 0. The van der Waals surface area contributed by atoms with Crippen LogP contribution in [0.3, 0.4) is 0 Å². The molecule has 2 fully saturated rings. The number of likely N-dealkylation sites (tertiary alicyclic amines) is 2. The molecule has 2 heterocycles. The fourth-order valence-corrected chi connectivity index (χ4v) is 5.28. The molecule has 1 N–H and O–H groups in total. The predicted molar refractivity (Wildman–Crippen MR) is 133 cm³/mol. The summed E-state index contributed by atoms with van der Waals surface area (Å²) in [6.07, 6.45) is 3.09. The summed E-state index contributed by atoms with van der Waals surface area (Å²) in [5.41, 5.74) is 2.85. The Labute approximate surface area is 200 Å². The van der Waals surface area contributed by atoms with Crippen molar-refractivity contribution in [2.45, 2.75) is 43.9 Å². The minimum Gasteiger partial charge on any atom is -0.391 e. The monoisotopic (exact) mass is 548 g/mol. The Morgan fingerprint density at radius 1 is 0.897 bits per heavy atom. The van der Waals surface area contributed by atoms with Crippen LogP contribution in [0.1, 0.15) is 36.3 Å². The van der Waals surface area contributed by atoms with Gasteiger partial charge in [0.1, 0.15) is 0 Å². The second-order valence-electron chi connectivity index (χ2n) is 8.01. The Bertz CT molecular complexity index is 741. The van der Waals surface area contributed by atoms with Gasteiger partial charge in [0.05, 0.1) is 6.10 Å². The van der Waals surface area contributed by atoms with Gasteiger partial charge in [0.25, 0.3) is 0 Å². The zero-order valence-corrected chi connectivity index (χ0v) is 20.4. The average molecular weight is 549 g/mol. The normalized spacial score (nSPS) is 23.8. The van der Waals surface area contributed by atoms with Crippen LogP contribution in [-0.2, 0) is 6.54 Å². The molecule has 2 saturated heterocycles. The lowest BCUT2D eigenvalue weighted by molar-refractivity contribution is -0.0222. The molecule has 2 aromatic rings. The highest BCUT2D eigenvalue weighted by atomic mass is 127. The molecule has 0 aromatic heterocycles. The lowest BCUT2D eigenvalue weighted by Crippen LogP contribution is -2.56. The molecule has 0 radical (unpaired) electrons. The van der Waals surface area contributed by atoms with Gasteiger partial charge in [-0.3, -0.25) is 9.80 Å². The van der Waals surface area contributed by atoms with E-state index in [1.807, 2.05) is 0 Å². The summed E-state index contributed by atoms with van der Waals surface area (Å²) in [4.78, 5) is 5.07. The molecule has 2 aliphatic rings. The number of nitrogens with zero attached hydrogens (tertiary/aromatic N) is 2. The van der Waals surface area contributed by atoms with Gasteiger partial charge in [-0.2, -0.15) is 0 Å².